The molecule has 1 saturated heterocycles. The Morgan fingerprint density at radius 3 is 2.00 bits per heavy atom. The Hall–Kier alpha value is -3.85. The molecule has 0 unspecified atom stereocenters. The van der Waals surface area contributed by atoms with E-state index < -0.39 is 27.4 Å². The second-order valence-electron chi connectivity index (χ2n) is 11.0. The van der Waals surface area contributed by atoms with Gasteiger partial charge in [0.15, 0.2) is 11.5 Å². The molecule has 1 N–H and O–H groups in total. The monoisotopic (exact) mass is 578 g/mol. The van der Waals surface area contributed by atoms with Crippen LogP contribution in [0.25, 0.3) is 0 Å². The fourth-order valence-electron chi connectivity index (χ4n) is 5.30. The third-order valence-corrected chi connectivity index (χ3v) is 8.49. The summed E-state index contributed by atoms with van der Waals surface area (Å²) in [5, 5.41) is 0. The zero-order chi connectivity index (χ0) is 29.8. The van der Waals surface area contributed by atoms with Gasteiger partial charge in [0, 0.05) is 24.3 Å². The number of para-hydroxylation sites is 2. The molecular weight excluding hydrogens is 540 g/mol. The molecule has 0 bridgehead atoms. The van der Waals surface area contributed by atoms with Gasteiger partial charge in [-0.3, -0.25) is 9.59 Å². The summed E-state index contributed by atoms with van der Waals surface area (Å²) in [5.74, 6) is -0.704. The van der Waals surface area contributed by atoms with Gasteiger partial charge in [-0.1, -0.05) is 76.2 Å². The van der Waals surface area contributed by atoms with E-state index in [-0.39, 0.29) is 36.0 Å². The van der Waals surface area contributed by atoms with Crippen molar-refractivity contribution < 1.29 is 26.9 Å². The van der Waals surface area contributed by atoms with E-state index in [0.717, 1.165) is 5.69 Å². The number of methoxy groups -OCH3 is 1. The smallest absolute Gasteiger partial charge is 0.409 e. The van der Waals surface area contributed by atoms with E-state index in [2.05, 4.69) is 9.62 Å². The van der Waals surface area contributed by atoms with Gasteiger partial charge in [-0.05, 0) is 60.1 Å². The SMILES string of the molecule is COc1cccc(C(=O)C2(C(=O)NS(=O)(=O)Oc3c(C(C)C)cccc3C(C)C)CCN(c3ccccc3)CC2)c1. The van der Waals surface area contributed by atoms with Gasteiger partial charge in [-0.25, -0.2) is 4.72 Å². The van der Waals surface area contributed by atoms with Crippen LogP contribution in [0.15, 0.2) is 72.8 Å². The van der Waals surface area contributed by atoms with Crippen LogP contribution in [0.4, 0.5) is 5.69 Å². The zero-order valence-electron chi connectivity index (χ0n) is 24.2. The third-order valence-electron chi connectivity index (χ3n) is 7.67. The Morgan fingerprint density at radius 1 is 0.854 bits per heavy atom. The van der Waals surface area contributed by atoms with Crippen LogP contribution >= 0.6 is 0 Å². The van der Waals surface area contributed by atoms with Gasteiger partial charge in [-0.2, -0.15) is 8.42 Å². The number of benzene rings is 3. The van der Waals surface area contributed by atoms with Crippen LogP contribution in [0.5, 0.6) is 11.5 Å². The molecule has 41 heavy (non-hydrogen) atoms. The molecular formula is C32H38N2O6S. The number of carbonyl (C=O) groups excluding carboxylic acids is 2. The van der Waals surface area contributed by atoms with Crippen LogP contribution in [-0.4, -0.2) is 40.3 Å². The second-order valence-corrected chi connectivity index (χ2v) is 12.3. The maximum atomic E-state index is 14.0. The van der Waals surface area contributed by atoms with E-state index in [1.165, 1.54) is 7.11 Å². The summed E-state index contributed by atoms with van der Waals surface area (Å²) < 4.78 is 39.8. The van der Waals surface area contributed by atoms with E-state index >= 15 is 0 Å². The van der Waals surface area contributed by atoms with Crippen molar-refractivity contribution in [3.8, 4) is 11.5 Å². The minimum absolute atomic E-state index is 0.0158. The topological polar surface area (TPSA) is 102 Å². The molecule has 3 aromatic rings. The minimum atomic E-state index is -4.62. The number of rotatable bonds is 10. The van der Waals surface area contributed by atoms with E-state index in [4.69, 9.17) is 8.92 Å². The highest BCUT2D eigenvalue weighted by molar-refractivity contribution is 7.85. The Kier molecular flexibility index (Phi) is 9.07. The van der Waals surface area contributed by atoms with E-state index in [0.29, 0.717) is 30.0 Å². The van der Waals surface area contributed by atoms with Gasteiger partial charge in [0.25, 0.3) is 0 Å². The number of ketones is 1. The number of hydrogen-bond acceptors (Lipinski definition) is 7. The summed E-state index contributed by atoms with van der Waals surface area (Å²) >= 11 is 0. The molecule has 3 aromatic carbocycles. The van der Waals surface area contributed by atoms with Crippen LogP contribution in [-0.2, 0) is 15.1 Å². The van der Waals surface area contributed by atoms with E-state index in [1.54, 1.807) is 24.3 Å². The first-order valence-electron chi connectivity index (χ1n) is 13.9. The standard InChI is InChI=1S/C32H38N2O6S/c1-22(2)27-15-10-16-28(23(3)4)29(27)40-41(37,38)33-31(36)32(30(35)24-11-9-14-26(21-24)39-5)17-19-34(20-18-32)25-12-7-6-8-13-25/h6-16,21-23H,17-20H2,1-5H3,(H,33,36). The molecule has 1 aliphatic rings. The summed E-state index contributed by atoms with van der Waals surface area (Å²) in [6.45, 7) is 8.56. The van der Waals surface area contributed by atoms with Crippen molar-refractivity contribution in [1.29, 1.82) is 0 Å². The minimum Gasteiger partial charge on any atom is -0.497 e. The molecule has 0 atom stereocenters. The van der Waals surface area contributed by atoms with Gasteiger partial charge in [0.1, 0.15) is 11.2 Å². The normalized spacial score (nSPS) is 15.0. The number of nitrogens with zero attached hydrogens (tertiary/aromatic N) is 1. The molecule has 1 aliphatic heterocycles. The molecule has 0 spiro atoms. The van der Waals surface area contributed by atoms with Crippen molar-refractivity contribution >= 4 is 27.7 Å². The Morgan fingerprint density at radius 2 is 1.44 bits per heavy atom. The molecule has 4 rings (SSSR count). The first-order chi connectivity index (χ1) is 19.5. The lowest BCUT2D eigenvalue weighted by Crippen LogP contribution is -2.54. The number of nitrogens with one attached hydrogen (secondary N) is 1. The molecule has 9 heteroatoms. The average Bonchev–Trinajstić information content (AvgIpc) is 2.96. The van der Waals surface area contributed by atoms with Crippen molar-refractivity contribution in [3.05, 3.63) is 89.5 Å². The fraction of sp³-hybridized carbons (Fsp3) is 0.375. The Balaban J connectivity index is 1.67. The zero-order valence-corrected chi connectivity index (χ0v) is 25.0. The number of ether oxygens (including phenoxy) is 1. The van der Waals surface area contributed by atoms with Gasteiger partial charge in [0.05, 0.1) is 7.11 Å². The number of Topliss-reactive ketones (excluding diaryl/α,β-unsaturated/α-hetero) is 1. The van der Waals surface area contributed by atoms with Crippen molar-refractivity contribution in [2.24, 2.45) is 5.41 Å². The summed E-state index contributed by atoms with van der Waals surface area (Å²) in [7, 11) is -3.12. The van der Waals surface area contributed by atoms with Crippen molar-refractivity contribution in [2.45, 2.75) is 52.4 Å². The molecule has 8 nitrogen and oxygen atoms in total. The molecule has 0 saturated carbocycles. The number of amides is 1. The van der Waals surface area contributed by atoms with Gasteiger partial charge < -0.3 is 13.8 Å². The van der Waals surface area contributed by atoms with Crippen LogP contribution in [0.2, 0.25) is 0 Å². The van der Waals surface area contributed by atoms with Gasteiger partial charge in [-0.15, -0.1) is 0 Å². The molecule has 0 radical (unpaired) electrons. The molecule has 1 amide bonds. The molecule has 0 aliphatic carbocycles. The van der Waals surface area contributed by atoms with Crippen LogP contribution < -0.4 is 18.5 Å². The van der Waals surface area contributed by atoms with E-state index in [9.17, 15) is 18.0 Å². The van der Waals surface area contributed by atoms with Crippen LogP contribution in [0.1, 0.15) is 73.9 Å². The van der Waals surface area contributed by atoms with Crippen LogP contribution in [0, 0.1) is 5.41 Å². The number of hydrogen-bond donors (Lipinski definition) is 1. The first kappa shape index (κ1) is 30.1. The van der Waals surface area contributed by atoms with Gasteiger partial charge >= 0.3 is 10.3 Å². The highest BCUT2D eigenvalue weighted by atomic mass is 32.2. The number of anilines is 1. The lowest BCUT2D eigenvalue weighted by atomic mass is 9.72. The second kappa shape index (κ2) is 12.3. The predicted molar refractivity (Wildman–Crippen MR) is 160 cm³/mol. The fourth-order valence-corrected chi connectivity index (χ4v) is 6.18. The van der Waals surface area contributed by atoms with E-state index in [1.807, 2.05) is 76.2 Å². The highest BCUT2D eigenvalue weighted by Gasteiger charge is 2.49. The predicted octanol–water partition coefficient (Wildman–Crippen LogP) is 5.85. The quantitative estimate of drug-likeness (QED) is 0.238. The number of carbonyl (C=O) groups is 2. The summed E-state index contributed by atoms with van der Waals surface area (Å²) in [4.78, 5) is 30.1. The number of piperidine rings is 1. The first-order valence-corrected chi connectivity index (χ1v) is 15.3. The summed E-state index contributed by atoms with van der Waals surface area (Å²) in [6.07, 6.45) is 0.248. The highest BCUT2D eigenvalue weighted by Crippen LogP contribution is 2.39. The molecule has 1 heterocycles. The average molecular weight is 579 g/mol. The molecule has 218 valence electrons. The van der Waals surface area contributed by atoms with Crippen molar-refractivity contribution in [1.82, 2.24) is 4.72 Å². The van der Waals surface area contributed by atoms with Crippen molar-refractivity contribution in [2.75, 3.05) is 25.1 Å². The maximum Gasteiger partial charge on any atom is 0.409 e. The lowest BCUT2D eigenvalue weighted by Gasteiger charge is -2.40. The lowest BCUT2D eigenvalue weighted by molar-refractivity contribution is -0.127. The Labute approximate surface area is 242 Å². The molecule has 1 fully saturated rings. The third kappa shape index (κ3) is 6.56. The maximum absolute atomic E-state index is 14.0. The summed E-state index contributed by atoms with van der Waals surface area (Å²) in [5.41, 5.74) is 1.06. The largest absolute Gasteiger partial charge is 0.497 e. The Bertz CT molecular complexity index is 1470. The van der Waals surface area contributed by atoms with Crippen LogP contribution in [0.3, 0.4) is 0 Å². The van der Waals surface area contributed by atoms with Gasteiger partial charge in [0.2, 0.25) is 5.91 Å². The molecule has 0 aromatic heterocycles. The van der Waals surface area contributed by atoms with Crippen molar-refractivity contribution in [3.63, 3.8) is 0 Å². The summed E-state index contributed by atoms with van der Waals surface area (Å²) in [6, 6.07) is 21.8.